The first-order valence-corrected chi connectivity index (χ1v) is 10.2. The molecular weight excluding hydrogens is 405 g/mol. The van der Waals surface area contributed by atoms with E-state index in [0.717, 1.165) is 16.2 Å². The van der Waals surface area contributed by atoms with Gasteiger partial charge in [0.05, 0.1) is 23.6 Å². The molecule has 0 bridgehead atoms. The number of furan rings is 1. The SMILES string of the molecule is COc1ccc2ccc3oc(-c4ccccc4F)c(C4=c5ccccc5=NC4=O)c3c2c1. The van der Waals surface area contributed by atoms with Crippen LogP contribution in [0.2, 0.25) is 0 Å². The third-order valence-electron chi connectivity index (χ3n) is 5.86. The van der Waals surface area contributed by atoms with Gasteiger partial charge >= 0.3 is 0 Å². The number of nitrogens with zero attached hydrogens (tertiary/aromatic N) is 1. The fourth-order valence-corrected chi connectivity index (χ4v) is 4.40. The number of benzene rings is 4. The van der Waals surface area contributed by atoms with E-state index in [1.54, 1.807) is 31.4 Å². The molecule has 32 heavy (non-hydrogen) atoms. The molecular formula is C27H16FNO3. The Labute approximate surface area is 181 Å². The minimum atomic E-state index is -0.425. The largest absolute Gasteiger partial charge is 0.497 e. The van der Waals surface area contributed by atoms with Crippen molar-refractivity contribution in [2.75, 3.05) is 7.11 Å². The van der Waals surface area contributed by atoms with E-state index in [0.29, 0.717) is 44.4 Å². The van der Waals surface area contributed by atoms with E-state index in [2.05, 4.69) is 4.99 Å². The molecule has 1 aliphatic rings. The maximum atomic E-state index is 14.9. The summed E-state index contributed by atoms with van der Waals surface area (Å²) in [5.74, 6) is 0.193. The number of ether oxygens (including phenoxy) is 1. The average molecular weight is 421 g/mol. The highest BCUT2D eigenvalue weighted by molar-refractivity contribution is 6.28. The molecule has 4 nitrogen and oxygen atoms in total. The first-order valence-electron chi connectivity index (χ1n) is 10.2. The highest BCUT2D eigenvalue weighted by Gasteiger charge is 2.29. The van der Waals surface area contributed by atoms with E-state index >= 15 is 0 Å². The third kappa shape index (κ3) is 2.61. The smallest absolute Gasteiger partial charge is 0.279 e. The van der Waals surface area contributed by atoms with Crippen molar-refractivity contribution in [1.29, 1.82) is 0 Å². The van der Waals surface area contributed by atoms with E-state index in [1.165, 1.54) is 6.07 Å². The zero-order valence-corrected chi connectivity index (χ0v) is 17.1. The van der Waals surface area contributed by atoms with Gasteiger partial charge in [0, 0.05) is 16.2 Å². The number of para-hydroxylation sites is 1. The molecule has 5 aromatic rings. The van der Waals surface area contributed by atoms with Crippen molar-refractivity contribution in [3.05, 3.63) is 101 Å². The van der Waals surface area contributed by atoms with Crippen LogP contribution in [0.4, 0.5) is 4.39 Å². The normalized spacial score (nSPS) is 12.9. The molecule has 0 saturated carbocycles. The molecule has 0 spiro atoms. The minimum absolute atomic E-state index is 0.291. The quantitative estimate of drug-likeness (QED) is 0.422. The molecule has 2 heterocycles. The maximum absolute atomic E-state index is 14.9. The maximum Gasteiger partial charge on any atom is 0.279 e. The topological polar surface area (TPSA) is 51.8 Å². The molecule has 0 unspecified atom stereocenters. The van der Waals surface area contributed by atoms with Gasteiger partial charge in [-0.05, 0) is 47.2 Å². The Morgan fingerprint density at radius 3 is 2.56 bits per heavy atom. The number of carbonyl (C=O) groups is 1. The van der Waals surface area contributed by atoms with Crippen LogP contribution in [0.1, 0.15) is 5.56 Å². The Kier molecular flexibility index (Phi) is 3.98. The molecule has 1 amide bonds. The average Bonchev–Trinajstić information content (AvgIpc) is 3.35. The second kappa shape index (κ2) is 6.89. The van der Waals surface area contributed by atoms with Gasteiger partial charge in [-0.1, -0.05) is 42.5 Å². The van der Waals surface area contributed by atoms with Crippen LogP contribution in [0.5, 0.6) is 5.75 Å². The van der Waals surface area contributed by atoms with E-state index in [9.17, 15) is 9.18 Å². The number of carbonyl (C=O) groups excluding carboxylic acids is 1. The molecule has 0 N–H and O–H groups in total. The minimum Gasteiger partial charge on any atom is -0.497 e. The number of hydrogen-bond acceptors (Lipinski definition) is 3. The van der Waals surface area contributed by atoms with Gasteiger partial charge in [0.25, 0.3) is 5.91 Å². The number of hydrogen-bond donors (Lipinski definition) is 0. The van der Waals surface area contributed by atoms with Gasteiger partial charge in [-0.25, -0.2) is 9.38 Å². The van der Waals surface area contributed by atoms with Gasteiger partial charge in [-0.2, -0.15) is 0 Å². The van der Waals surface area contributed by atoms with Crippen LogP contribution in [0.3, 0.4) is 0 Å². The molecule has 5 heteroatoms. The van der Waals surface area contributed by atoms with Crippen molar-refractivity contribution in [1.82, 2.24) is 0 Å². The summed E-state index contributed by atoms with van der Waals surface area (Å²) in [6.45, 7) is 0. The van der Waals surface area contributed by atoms with Crippen molar-refractivity contribution >= 4 is 33.2 Å². The van der Waals surface area contributed by atoms with Crippen molar-refractivity contribution in [3.8, 4) is 17.1 Å². The van der Waals surface area contributed by atoms with E-state index in [-0.39, 0.29) is 5.91 Å². The predicted molar refractivity (Wildman–Crippen MR) is 120 cm³/mol. The first kappa shape index (κ1) is 18.5. The van der Waals surface area contributed by atoms with Gasteiger partial charge in [-0.15, -0.1) is 0 Å². The van der Waals surface area contributed by atoms with Crippen LogP contribution in [0.15, 0.2) is 88.3 Å². The van der Waals surface area contributed by atoms with Crippen LogP contribution in [0, 0.1) is 5.82 Å². The van der Waals surface area contributed by atoms with Gasteiger partial charge in [0.15, 0.2) is 0 Å². The van der Waals surface area contributed by atoms with E-state index < -0.39 is 5.82 Å². The number of amides is 1. The summed E-state index contributed by atoms with van der Waals surface area (Å²) in [6.07, 6.45) is 0. The van der Waals surface area contributed by atoms with Gasteiger partial charge in [-0.3, -0.25) is 4.79 Å². The molecule has 0 aliphatic carbocycles. The Morgan fingerprint density at radius 2 is 1.72 bits per heavy atom. The summed E-state index contributed by atoms with van der Waals surface area (Å²) in [6, 6.07) is 23.3. The number of fused-ring (bicyclic) bond motifs is 4. The number of methoxy groups -OCH3 is 1. The van der Waals surface area contributed by atoms with Crippen LogP contribution in [-0.4, -0.2) is 13.0 Å². The van der Waals surface area contributed by atoms with Crippen molar-refractivity contribution in [3.63, 3.8) is 0 Å². The van der Waals surface area contributed by atoms with Crippen molar-refractivity contribution in [2.24, 2.45) is 4.99 Å². The summed E-state index contributed by atoms with van der Waals surface area (Å²) in [4.78, 5) is 17.4. The first-order chi connectivity index (χ1) is 15.7. The molecule has 1 aliphatic heterocycles. The van der Waals surface area contributed by atoms with Crippen LogP contribution in [0.25, 0.3) is 38.6 Å². The summed E-state index contributed by atoms with van der Waals surface area (Å²) in [5.41, 5.74) is 1.80. The highest BCUT2D eigenvalue weighted by Crippen LogP contribution is 2.42. The molecule has 154 valence electrons. The van der Waals surface area contributed by atoms with Gasteiger partial charge in [0.1, 0.15) is 22.9 Å². The zero-order chi connectivity index (χ0) is 21.8. The van der Waals surface area contributed by atoms with Crippen LogP contribution in [-0.2, 0) is 4.79 Å². The molecule has 6 rings (SSSR count). The third-order valence-corrected chi connectivity index (χ3v) is 5.86. The highest BCUT2D eigenvalue weighted by atomic mass is 19.1. The summed E-state index contributed by atoms with van der Waals surface area (Å²) in [7, 11) is 1.60. The number of rotatable bonds is 3. The Bertz CT molecular complexity index is 1700. The molecule has 0 fully saturated rings. The molecule has 0 saturated heterocycles. The Hall–Kier alpha value is -4.25. The predicted octanol–water partition coefficient (Wildman–Crippen LogP) is 4.76. The zero-order valence-electron chi connectivity index (χ0n) is 17.1. The monoisotopic (exact) mass is 421 g/mol. The fourth-order valence-electron chi connectivity index (χ4n) is 4.40. The van der Waals surface area contributed by atoms with Gasteiger partial charge in [0.2, 0.25) is 0 Å². The van der Waals surface area contributed by atoms with Gasteiger partial charge < -0.3 is 9.15 Å². The van der Waals surface area contributed by atoms with Crippen LogP contribution < -0.4 is 15.3 Å². The Morgan fingerprint density at radius 1 is 0.938 bits per heavy atom. The summed E-state index contributed by atoms with van der Waals surface area (Å²) < 4.78 is 26.6. The lowest BCUT2D eigenvalue weighted by Gasteiger charge is -2.07. The molecule has 0 radical (unpaired) electrons. The van der Waals surface area contributed by atoms with Crippen LogP contribution >= 0.6 is 0 Å². The van der Waals surface area contributed by atoms with Crippen molar-refractivity contribution < 1.29 is 18.3 Å². The van der Waals surface area contributed by atoms with Crippen molar-refractivity contribution in [2.45, 2.75) is 0 Å². The second-order valence-electron chi connectivity index (χ2n) is 7.62. The standard InChI is InChI=1S/C27H16FNO3/c1-31-16-12-10-15-11-13-22-23(19(15)14-16)25(26(32-22)17-6-2-4-8-20(17)28)24-18-7-3-5-9-21(18)29-27(24)30/h2-14H,1H3. The summed E-state index contributed by atoms with van der Waals surface area (Å²) in [5, 5.41) is 3.84. The second-order valence-corrected chi connectivity index (χ2v) is 7.62. The summed E-state index contributed by atoms with van der Waals surface area (Å²) >= 11 is 0. The fraction of sp³-hybridized carbons (Fsp3) is 0.0370. The lowest BCUT2D eigenvalue weighted by molar-refractivity contribution is -0.112. The number of halogens is 1. The molecule has 0 atom stereocenters. The van der Waals surface area contributed by atoms with E-state index in [1.807, 2.05) is 48.5 Å². The van der Waals surface area contributed by atoms with E-state index in [4.69, 9.17) is 9.15 Å². The Balaban J connectivity index is 1.85. The lowest BCUT2D eigenvalue weighted by atomic mass is 9.94. The molecule has 1 aromatic heterocycles. The lowest BCUT2D eigenvalue weighted by Crippen LogP contribution is -2.22. The molecule has 4 aromatic carbocycles.